The Kier molecular flexibility index (Phi) is 3.92. The van der Waals surface area contributed by atoms with Crippen molar-refractivity contribution < 1.29 is 9.53 Å². The quantitative estimate of drug-likeness (QED) is 0.915. The second-order valence-electron chi connectivity index (χ2n) is 5.83. The third-order valence-electron chi connectivity index (χ3n) is 4.50. The highest BCUT2D eigenvalue weighted by atomic mass is 16.6. The maximum absolute atomic E-state index is 12.0. The van der Waals surface area contributed by atoms with E-state index >= 15 is 0 Å². The molecule has 1 amide bonds. The van der Waals surface area contributed by atoms with Crippen LogP contribution >= 0.6 is 0 Å². The van der Waals surface area contributed by atoms with Gasteiger partial charge < -0.3 is 15.0 Å². The zero-order chi connectivity index (χ0) is 13.9. The zero-order valence-corrected chi connectivity index (χ0v) is 11.9. The van der Waals surface area contributed by atoms with Crippen LogP contribution in [0.3, 0.4) is 0 Å². The predicted octanol–water partition coefficient (Wildman–Crippen LogP) is 2.25. The van der Waals surface area contributed by atoms with Crippen molar-refractivity contribution in [2.75, 3.05) is 20.1 Å². The minimum absolute atomic E-state index is 0.169. The van der Waals surface area contributed by atoms with Gasteiger partial charge in [-0.05, 0) is 37.3 Å². The first-order chi connectivity index (χ1) is 9.78. The van der Waals surface area contributed by atoms with Crippen molar-refractivity contribution in [1.29, 1.82) is 0 Å². The standard InChI is InChI=1S/C16H22N2O2/c1-17-15-9-14(15)13-7-8-18(10-13)16(19)20-11-12-5-3-2-4-6-12/h2-6,13-15,17H,7-11H2,1H3. The lowest BCUT2D eigenvalue weighted by molar-refractivity contribution is 0.103. The van der Waals surface area contributed by atoms with Crippen molar-refractivity contribution in [2.45, 2.75) is 25.5 Å². The minimum Gasteiger partial charge on any atom is -0.445 e. The van der Waals surface area contributed by atoms with Gasteiger partial charge in [0.25, 0.3) is 0 Å². The van der Waals surface area contributed by atoms with Gasteiger partial charge in [0.1, 0.15) is 6.61 Å². The molecule has 2 aliphatic rings. The number of benzene rings is 1. The molecule has 2 fully saturated rings. The van der Waals surface area contributed by atoms with Crippen molar-refractivity contribution in [2.24, 2.45) is 11.8 Å². The number of carbonyl (C=O) groups excluding carboxylic acids is 1. The molecule has 3 atom stereocenters. The Morgan fingerprint density at radius 2 is 2.20 bits per heavy atom. The van der Waals surface area contributed by atoms with Crippen LogP contribution in [-0.2, 0) is 11.3 Å². The number of hydrogen-bond acceptors (Lipinski definition) is 3. The Bertz CT molecular complexity index is 463. The summed E-state index contributed by atoms with van der Waals surface area (Å²) in [6.07, 6.45) is 2.20. The highest BCUT2D eigenvalue weighted by Gasteiger charge is 2.45. The monoisotopic (exact) mass is 274 g/mol. The van der Waals surface area contributed by atoms with E-state index in [1.54, 1.807) is 0 Å². The summed E-state index contributed by atoms with van der Waals surface area (Å²) in [5.74, 6) is 1.41. The summed E-state index contributed by atoms with van der Waals surface area (Å²) in [6.45, 7) is 2.06. The molecule has 1 aliphatic carbocycles. The first-order valence-electron chi connectivity index (χ1n) is 7.41. The smallest absolute Gasteiger partial charge is 0.410 e. The van der Waals surface area contributed by atoms with Crippen molar-refractivity contribution in [3.05, 3.63) is 35.9 Å². The van der Waals surface area contributed by atoms with E-state index in [-0.39, 0.29) is 6.09 Å². The molecule has 4 nitrogen and oxygen atoms in total. The Labute approximate surface area is 120 Å². The summed E-state index contributed by atoms with van der Waals surface area (Å²) in [5.41, 5.74) is 1.04. The average Bonchev–Trinajstić information content (AvgIpc) is 3.13. The highest BCUT2D eigenvalue weighted by molar-refractivity contribution is 5.68. The number of nitrogens with one attached hydrogen (secondary N) is 1. The van der Waals surface area contributed by atoms with Gasteiger partial charge in [-0.1, -0.05) is 30.3 Å². The summed E-state index contributed by atoms with van der Waals surface area (Å²) >= 11 is 0. The molecule has 1 aliphatic heterocycles. The lowest BCUT2D eigenvalue weighted by atomic mass is 10.0. The van der Waals surface area contributed by atoms with E-state index in [1.165, 1.54) is 6.42 Å². The Morgan fingerprint density at radius 3 is 2.90 bits per heavy atom. The molecule has 1 saturated carbocycles. The Balaban J connectivity index is 1.45. The Hall–Kier alpha value is -1.55. The van der Waals surface area contributed by atoms with Crippen molar-refractivity contribution in [3.63, 3.8) is 0 Å². The van der Waals surface area contributed by atoms with E-state index in [0.717, 1.165) is 31.0 Å². The lowest BCUT2D eigenvalue weighted by Crippen LogP contribution is -2.29. The number of hydrogen-bond donors (Lipinski definition) is 1. The SMILES string of the molecule is CNC1CC1C1CCN(C(=O)OCc2ccccc2)C1. The van der Waals surface area contributed by atoms with Gasteiger partial charge >= 0.3 is 6.09 Å². The molecular weight excluding hydrogens is 252 g/mol. The van der Waals surface area contributed by atoms with Gasteiger partial charge in [0.2, 0.25) is 0 Å². The van der Waals surface area contributed by atoms with Crippen LogP contribution in [0.25, 0.3) is 0 Å². The van der Waals surface area contributed by atoms with Crippen LogP contribution in [0.5, 0.6) is 0 Å². The summed E-state index contributed by atoms with van der Waals surface area (Å²) in [7, 11) is 2.02. The van der Waals surface area contributed by atoms with E-state index in [0.29, 0.717) is 18.6 Å². The van der Waals surface area contributed by atoms with E-state index in [2.05, 4.69) is 5.32 Å². The average molecular weight is 274 g/mol. The van der Waals surface area contributed by atoms with E-state index < -0.39 is 0 Å². The van der Waals surface area contributed by atoms with Crippen molar-refractivity contribution >= 4 is 6.09 Å². The fourth-order valence-electron chi connectivity index (χ4n) is 3.18. The molecule has 0 aromatic heterocycles. The maximum Gasteiger partial charge on any atom is 0.410 e. The minimum atomic E-state index is -0.169. The molecular formula is C16H22N2O2. The van der Waals surface area contributed by atoms with Crippen molar-refractivity contribution in [3.8, 4) is 0 Å². The third kappa shape index (κ3) is 2.96. The summed E-state index contributed by atoms with van der Waals surface area (Å²) in [5, 5.41) is 3.32. The Morgan fingerprint density at radius 1 is 1.40 bits per heavy atom. The topological polar surface area (TPSA) is 41.6 Å². The van der Waals surface area contributed by atoms with E-state index in [1.807, 2.05) is 42.3 Å². The van der Waals surface area contributed by atoms with Crippen LogP contribution in [0.15, 0.2) is 30.3 Å². The van der Waals surface area contributed by atoms with Crippen LogP contribution in [0.2, 0.25) is 0 Å². The summed E-state index contributed by atoms with van der Waals surface area (Å²) < 4.78 is 5.39. The fraction of sp³-hybridized carbons (Fsp3) is 0.562. The van der Waals surface area contributed by atoms with Gasteiger partial charge in [-0.3, -0.25) is 0 Å². The van der Waals surface area contributed by atoms with E-state index in [4.69, 9.17) is 4.74 Å². The number of ether oxygens (including phenoxy) is 1. The molecule has 1 aromatic carbocycles. The number of amides is 1. The normalized spacial score (nSPS) is 28.4. The molecule has 3 rings (SSSR count). The second-order valence-corrected chi connectivity index (χ2v) is 5.83. The van der Waals surface area contributed by atoms with Gasteiger partial charge in [-0.25, -0.2) is 4.79 Å². The predicted molar refractivity (Wildman–Crippen MR) is 77.3 cm³/mol. The molecule has 1 heterocycles. The van der Waals surface area contributed by atoms with Gasteiger partial charge in [0.15, 0.2) is 0 Å². The molecule has 0 spiro atoms. The van der Waals surface area contributed by atoms with Crippen LogP contribution in [-0.4, -0.2) is 37.2 Å². The largest absolute Gasteiger partial charge is 0.445 e. The second kappa shape index (κ2) is 5.83. The van der Waals surface area contributed by atoms with Gasteiger partial charge in [0, 0.05) is 19.1 Å². The molecule has 1 aromatic rings. The van der Waals surface area contributed by atoms with Crippen LogP contribution in [0.4, 0.5) is 4.79 Å². The maximum atomic E-state index is 12.0. The highest BCUT2D eigenvalue weighted by Crippen LogP contribution is 2.41. The van der Waals surface area contributed by atoms with Crippen LogP contribution in [0.1, 0.15) is 18.4 Å². The summed E-state index contributed by atoms with van der Waals surface area (Å²) in [6, 6.07) is 10.5. The molecule has 1 saturated heterocycles. The zero-order valence-electron chi connectivity index (χ0n) is 11.9. The number of nitrogens with zero attached hydrogens (tertiary/aromatic N) is 1. The molecule has 20 heavy (non-hydrogen) atoms. The molecule has 0 radical (unpaired) electrons. The van der Waals surface area contributed by atoms with Gasteiger partial charge in [-0.2, -0.15) is 0 Å². The number of carbonyl (C=O) groups is 1. The molecule has 4 heteroatoms. The number of rotatable bonds is 4. The fourth-order valence-corrected chi connectivity index (χ4v) is 3.18. The van der Waals surface area contributed by atoms with Gasteiger partial charge in [0.05, 0.1) is 0 Å². The van der Waals surface area contributed by atoms with Crippen LogP contribution < -0.4 is 5.32 Å². The number of likely N-dealkylation sites (tertiary alicyclic amines) is 1. The first kappa shape index (κ1) is 13.4. The third-order valence-corrected chi connectivity index (χ3v) is 4.50. The lowest BCUT2D eigenvalue weighted by Gasteiger charge is -2.16. The van der Waals surface area contributed by atoms with Crippen LogP contribution in [0, 0.1) is 11.8 Å². The molecule has 1 N–H and O–H groups in total. The molecule has 108 valence electrons. The van der Waals surface area contributed by atoms with E-state index in [9.17, 15) is 4.79 Å². The van der Waals surface area contributed by atoms with Crippen molar-refractivity contribution in [1.82, 2.24) is 10.2 Å². The molecule has 3 unspecified atom stereocenters. The van der Waals surface area contributed by atoms with Gasteiger partial charge in [-0.15, -0.1) is 0 Å². The first-order valence-corrected chi connectivity index (χ1v) is 7.41. The molecule has 0 bridgehead atoms. The summed E-state index contributed by atoms with van der Waals surface area (Å²) in [4.78, 5) is 13.9.